The third-order valence-electron chi connectivity index (χ3n) is 5.24. The van der Waals surface area contributed by atoms with Crippen LogP contribution in [0.1, 0.15) is 12.0 Å². The van der Waals surface area contributed by atoms with E-state index in [-0.39, 0.29) is 0 Å². The third-order valence-corrected chi connectivity index (χ3v) is 6.72. The molecule has 0 saturated carbocycles. The van der Waals surface area contributed by atoms with Crippen molar-refractivity contribution < 1.29 is 0 Å². The first-order valence-electron chi connectivity index (χ1n) is 9.82. The number of nitrogens with one attached hydrogen (secondary N) is 1. The molecule has 1 aliphatic rings. The van der Waals surface area contributed by atoms with Crippen LogP contribution in [0.15, 0.2) is 61.0 Å². The molecule has 1 fully saturated rings. The number of rotatable bonds is 8. The van der Waals surface area contributed by atoms with Crippen LogP contribution < -0.4 is 10.2 Å². The second-order valence-corrected chi connectivity index (χ2v) is 8.97. The molecule has 30 heavy (non-hydrogen) atoms. The van der Waals surface area contributed by atoms with E-state index in [0.717, 1.165) is 61.7 Å². The van der Waals surface area contributed by atoms with Gasteiger partial charge in [-0.2, -0.15) is 0 Å². The lowest BCUT2D eigenvalue weighted by Crippen LogP contribution is -2.46. The van der Waals surface area contributed by atoms with E-state index >= 15 is 0 Å². The highest BCUT2D eigenvalue weighted by molar-refractivity contribution is 6.42. The van der Waals surface area contributed by atoms with Crippen molar-refractivity contribution in [3.05, 3.63) is 86.6 Å². The van der Waals surface area contributed by atoms with Crippen LogP contribution in [-0.4, -0.2) is 37.6 Å². The summed E-state index contributed by atoms with van der Waals surface area (Å²) in [6, 6.07) is 11.5. The van der Waals surface area contributed by atoms with Gasteiger partial charge in [-0.25, -0.2) is 0 Å². The molecule has 2 aromatic carbocycles. The van der Waals surface area contributed by atoms with E-state index in [1.807, 2.05) is 36.4 Å². The Labute approximate surface area is 198 Å². The van der Waals surface area contributed by atoms with Crippen molar-refractivity contribution >= 4 is 52.1 Å². The van der Waals surface area contributed by atoms with Crippen LogP contribution in [-0.2, 0) is 6.42 Å². The Morgan fingerprint density at radius 1 is 0.833 bits per heavy atom. The molecule has 0 aliphatic carbocycles. The Bertz CT molecular complexity index is 921. The minimum atomic E-state index is 0.577. The topological polar surface area (TPSA) is 18.5 Å². The number of nitrogens with zero attached hydrogens (tertiary/aromatic N) is 2. The number of hydrogen-bond acceptors (Lipinski definition) is 3. The fourth-order valence-corrected chi connectivity index (χ4v) is 3.99. The quantitative estimate of drug-likeness (QED) is 0.451. The first kappa shape index (κ1) is 23.1. The zero-order valence-corrected chi connectivity index (χ0v) is 19.8. The first-order chi connectivity index (χ1) is 14.3. The molecule has 1 N–H and O–H groups in total. The molecule has 0 spiro atoms. The highest BCUT2D eigenvalue weighted by Gasteiger charge is 2.18. The highest BCUT2D eigenvalue weighted by atomic mass is 35.5. The van der Waals surface area contributed by atoms with E-state index in [4.69, 9.17) is 46.4 Å². The number of allylic oxidation sites excluding steroid dienone is 1. The summed E-state index contributed by atoms with van der Waals surface area (Å²) in [5, 5.41) is 5.72. The molecule has 1 aliphatic heterocycles. The molecule has 2 aromatic rings. The number of benzene rings is 2. The lowest BCUT2D eigenvalue weighted by atomic mass is 10.1. The smallest absolute Gasteiger partial charge is 0.0612 e. The molecule has 0 aromatic heterocycles. The number of hydrogen-bond donors (Lipinski definition) is 1. The molecule has 0 atom stereocenters. The minimum Gasteiger partial charge on any atom is -0.383 e. The molecule has 3 rings (SSSR count). The Balaban J connectivity index is 1.40. The molecule has 1 saturated heterocycles. The fourth-order valence-electron chi connectivity index (χ4n) is 3.38. The Morgan fingerprint density at radius 3 is 2.10 bits per heavy atom. The second-order valence-electron chi connectivity index (χ2n) is 7.34. The molecule has 7 heteroatoms. The van der Waals surface area contributed by atoms with Crippen LogP contribution in [0.4, 0.5) is 5.69 Å². The predicted octanol–water partition coefficient (Wildman–Crippen LogP) is 6.67. The van der Waals surface area contributed by atoms with Gasteiger partial charge in [-0.3, -0.25) is 0 Å². The predicted molar refractivity (Wildman–Crippen MR) is 131 cm³/mol. The molecule has 0 unspecified atom stereocenters. The SMILES string of the molecule is C=C(CCc1ccc(Cl)c(Cl)c1)NCC(=C)N1CCN(c2ccc(Cl)c(Cl)c2)CC1. The van der Waals surface area contributed by atoms with Gasteiger partial charge in [-0.15, -0.1) is 0 Å². The maximum atomic E-state index is 6.15. The first-order valence-corrected chi connectivity index (χ1v) is 11.3. The number of piperazine rings is 1. The van der Waals surface area contributed by atoms with Crippen LogP contribution in [0.3, 0.4) is 0 Å². The van der Waals surface area contributed by atoms with Gasteiger partial charge in [0.05, 0.1) is 26.6 Å². The van der Waals surface area contributed by atoms with Crippen LogP contribution in [0.2, 0.25) is 20.1 Å². The largest absolute Gasteiger partial charge is 0.383 e. The van der Waals surface area contributed by atoms with Crippen molar-refractivity contribution in [1.82, 2.24) is 10.2 Å². The standard InChI is InChI=1S/C23H25Cl4N3/c1-16(3-4-18-5-7-20(24)22(26)13-18)28-15-17(2)29-9-11-30(12-10-29)19-6-8-21(25)23(27)14-19/h5-8,13-14,28H,1-4,9-12,15H2. The van der Waals surface area contributed by atoms with Crippen molar-refractivity contribution in [2.75, 3.05) is 37.6 Å². The zero-order valence-electron chi connectivity index (χ0n) is 16.7. The molecule has 0 radical (unpaired) electrons. The van der Waals surface area contributed by atoms with E-state index in [1.165, 1.54) is 0 Å². The third kappa shape index (κ3) is 6.24. The maximum Gasteiger partial charge on any atom is 0.0612 e. The summed E-state index contributed by atoms with van der Waals surface area (Å²) in [6.45, 7) is 12.7. The summed E-state index contributed by atoms with van der Waals surface area (Å²) in [7, 11) is 0. The maximum absolute atomic E-state index is 6.15. The van der Waals surface area contributed by atoms with Crippen molar-refractivity contribution in [2.45, 2.75) is 12.8 Å². The van der Waals surface area contributed by atoms with Gasteiger partial charge in [-0.05, 0) is 48.7 Å². The summed E-state index contributed by atoms with van der Waals surface area (Å²) in [4.78, 5) is 4.63. The van der Waals surface area contributed by atoms with Gasteiger partial charge in [0.2, 0.25) is 0 Å². The molecule has 0 bridgehead atoms. The number of halogens is 4. The van der Waals surface area contributed by atoms with Crippen LogP contribution >= 0.6 is 46.4 Å². The van der Waals surface area contributed by atoms with Crippen molar-refractivity contribution in [3.8, 4) is 0 Å². The minimum absolute atomic E-state index is 0.577. The lowest BCUT2D eigenvalue weighted by molar-refractivity contribution is 0.315. The van der Waals surface area contributed by atoms with Gasteiger partial charge in [-0.1, -0.05) is 65.6 Å². The van der Waals surface area contributed by atoms with Crippen molar-refractivity contribution in [1.29, 1.82) is 0 Å². The van der Waals surface area contributed by atoms with Gasteiger partial charge in [0.15, 0.2) is 0 Å². The summed E-state index contributed by atoms with van der Waals surface area (Å²) in [5.74, 6) is 0. The van der Waals surface area contributed by atoms with E-state index in [1.54, 1.807) is 0 Å². The van der Waals surface area contributed by atoms with E-state index in [2.05, 4.69) is 28.3 Å². The Kier molecular flexibility index (Phi) is 8.24. The number of anilines is 1. The summed E-state index contributed by atoms with van der Waals surface area (Å²) in [5.41, 5.74) is 4.30. The average molecular weight is 485 g/mol. The van der Waals surface area contributed by atoms with Crippen LogP contribution in [0, 0.1) is 0 Å². The van der Waals surface area contributed by atoms with Crippen LogP contribution in [0.25, 0.3) is 0 Å². The normalized spacial score (nSPS) is 14.0. The fraction of sp³-hybridized carbons (Fsp3) is 0.304. The summed E-state index contributed by atoms with van der Waals surface area (Å²) >= 11 is 24.2. The van der Waals surface area contributed by atoms with E-state index in [9.17, 15) is 0 Å². The molecule has 0 amide bonds. The lowest BCUT2D eigenvalue weighted by Gasteiger charge is -2.38. The van der Waals surface area contributed by atoms with Gasteiger partial charge in [0.25, 0.3) is 0 Å². The molecular formula is C23H25Cl4N3. The monoisotopic (exact) mass is 483 g/mol. The molecule has 3 nitrogen and oxygen atoms in total. The van der Waals surface area contributed by atoms with E-state index < -0.39 is 0 Å². The summed E-state index contributed by atoms with van der Waals surface area (Å²) < 4.78 is 0. The van der Waals surface area contributed by atoms with Gasteiger partial charge in [0, 0.05) is 43.3 Å². The number of aryl methyl sites for hydroxylation is 1. The molecule has 160 valence electrons. The highest BCUT2D eigenvalue weighted by Crippen LogP contribution is 2.28. The molecule has 1 heterocycles. The Hall–Kier alpha value is -1.52. The van der Waals surface area contributed by atoms with Gasteiger partial charge >= 0.3 is 0 Å². The van der Waals surface area contributed by atoms with Crippen LogP contribution in [0.5, 0.6) is 0 Å². The van der Waals surface area contributed by atoms with Crippen molar-refractivity contribution in [3.63, 3.8) is 0 Å². The Morgan fingerprint density at radius 2 is 1.47 bits per heavy atom. The zero-order chi connectivity index (χ0) is 21.7. The second kappa shape index (κ2) is 10.7. The van der Waals surface area contributed by atoms with E-state index in [0.29, 0.717) is 26.6 Å². The molecular weight excluding hydrogens is 460 g/mol. The van der Waals surface area contributed by atoms with Gasteiger partial charge in [0.1, 0.15) is 0 Å². The summed E-state index contributed by atoms with van der Waals surface area (Å²) in [6.07, 6.45) is 1.69. The van der Waals surface area contributed by atoms with Gasteiger partial charge < -0.3 is 15.1 Å². The van der Waals surface area contributed by atoms with Crippen molar-refractivity contribution in [2.24, 2.45) is 0 Å². The average Bonchev–Trinajstić information content (AvgIpc) is 2.75.